The number of hydrogen-bond donors (Lipinski definition) is 2. The van der Waals surface area contributed by atoms with Gasteiger partial charge in [-0.25, -0.2) is 0 Å². The molecule has 0 radical (unpaired) electrons. The van der Waals surface area contributed by atoms with Crippen LogP contribution < -0.4 is 5.43 Å². The molecule has 0 saturated heterocycles. The number of halogens is 3. The Hall–Kier alpha value is -3.58. The standard InChI is InChI=1S/C28H26F3NO3/c1-26(2,22-16-20(12-13-25(22)34)19-8-4-3-5-9-19)17-27(35,28(29,30)31)18-32-15-14-24(33)21-10-6-7-11-23(21)32/h3-16,34-35H,17-18H2,1-2H3. The molecule has 1 aromatic heterocycles. The topological polar surface area (TPSA) is 62.5 Å². The maximum atomic E-state index is 14.4. The maximum absolute atomic E-state index is 14.4. The molecule has 0 aliphatic heterocycles. The van der Waals surface area contributed by atoms with Gasteiger partial charge in [-0.05, 0) is 47.2 Å². The number of hydrogen-bond acceptors (Lipinski definition) is 3. The Kier molecular flexibility index (Phi) is 6.23. The Balaban J connectivity index is 1.76. The molecule has 0 fully saturated rings. The van der Waals surface area contributed by atoms with Crippen molar-refractivity contribution in [3.8, 4) is 16.9 Å². The van der Waals surface area contributed by atoms with Crippen LogP contribution in [0.1, 0.15) is 25.8 Å². The Labute approximate surface area is 200 Å². The van der Waals surface area contributed by atoms with Crippen LogP contribution in [0.25, 0.3) is 22.0 Å². The van der Waals surface area contributed by atoms with Gasteiger partial charge in [-0.3, -0.25) is 4.79 Å². The number of aliphatic hydroxyl groups is 1. The molecule has 1 atom stereocenters. The molecule has 0 spiro atoms. The van der Waals surface area contributed by atoms with E-state index >= 15 is 0 Å². The average Bonchev–Trinajstić information content (AvgIpc) is 2.81. The predicted octanol–water partition coefficient (Wildman–Crippen LogP) is 6.04. The van der Waals surface area contributed by atoms with Crippen LogP contribution in [0.15, 0.2) is 89.9 Å². The summed E-state index contributed by atoms with van der Waals surface area (Å²) in [6.45, 7) is 2.33. The van der Waals surface area contributed by atoms with E-state index in [1.54, 1.807) is 44.2 Å². The lowest BCUT2D eigenvalue weighted by molar-refractivity contribution is -0.271. The third-order valence-corrected chi connectivity index (χ3v) is 6.41. The fraction of sp³-hybridized carbons (Fsp3) is 0.250. The van der Waals surface area contributed by atoms with Crippen molar-refractivity contribution in [2.24, 2.45) is 0 Å². The van der Waals surface area contributed by atoms with Crippen molar-refractivity contribution in [1.82, 2.24) is 4.57 Å². The van der Waals surface area contributed by atoms with Crippen LogP contribution in [0.4, 0.5) is 13.2 Å². The fourth-order valence-corrected chi connectivity index (χ4v) is 4.64. The van der Waals surface area contributed by atoms with Crippen molar-refractivity contribution in [2.45, 2.75) is 44.0 Å². The van der Waals surface area contributed by atoms with Crippen LogP contribution >= 0.6 is 0 Å². The van der Waals surface area contributed by atoms with E-state index in [1.807, 2.05) is 30.3 Å². The molecule has 0 bridgehead atoms. The number of fused-ring (bicyclic) bond motifs is 1. The first-order chi connectivity index (χ1) is 16.4. The number of aromatic hydroxyl groups is 1. The fourth-order valence-electron chi connectivity index (χ4n) is 4.64. The number of aromatic nitrogens is 1. The Morgan fingerprint density at radius 1 is 0.857 bits per heavy atom. The van der Waals surface area contributed by atoms with Crippen molar-refractivity contribution in [3.63, 3.8) is 0 Å². The van der Waals surface area contributed by atoms with Crippen molar-refractivity contribution in [1.29, 1.82) is 0 Å². The third kappa shape index (κ3) is 4.82. The minimum Gasteiger partial charge on any atom is -0.508 e. The van der Waals surface area contributed by atoms with Crippen LogP contribution in [-0.4, -0.2) is 26.6 Å². The molecule has 0 aliphatic carbocycles. The van der Waals surface area contributed by atoms with E-state index in [4.69, 9.17) is 0 Å². The van der Waals surface area contributed by atoms with Gasteiger partial charge in [-0.2, -0.15) is 13.2 Å². The summed E-state index contributed by atoms with van der Waals surface area (Å²) in [5, 5.41) is 21.9. The highest BCUT2D eigenvalue weighted by Gasteiger charge is 2.56. The molecule has 4 rings (SSSR count). The van der Waals surface area contributed by atoms with Gasteiger partial charge in [-0.1, -0.05) is 62.4 Å². The first-order valence-electron chi connectivity index (χ1n) is 11.2. The Bertz CT molecular complexity index is 1410. The highest BCUT2D eigenvalue weighted by Crippen LogP contribution is 2.45. The van der Waals surface area contributed by atoms with Gasteiger partial charge >= 0.3 is 6.18 Å². The van der Waals surface area contributed by atoms with Crippen molar-refractivity contribution < 1.29 is 23.4 Å². The van der Waals surface area contributed by atoms with Crippen LogP contribution in [0, 0.1) is 0 Å². The summed E-state index contributed by atoms with van der Waals surface area (Å²) >= 11 is 0. The summed E-state index contributed by atoms with van der Waals surface area (Å²) in [4.78, 5) is 12.2. The molecular weight excluding hydrogens is 455 g/mol. The summed E-state index contributed by atoms with van der Waals surface area (Å²) in [5.74, 6) is -0.145. The molecule has 2 N–H and O–H groups in total. The maximum Gasteiger partial charge on any atom is 0.418 e. The minimum atomic E-state index is -4.97. The molecule has 0 amide bonds. The van der Waals surface area contributed by atoms with E-state index in [2.05, 4.69) is 0 Å². The summed E-state index contributed by atoms with van der Waals surface area (Å²) in [5.41, 5.74) is -2.50. The van der Waals surface area contributed by atoms with Crippen molar-refractivity contribution in [2.75, 3.05) is 0 Å². The zero-order valence-electron chi connectivity index (χ0n) is 19.4. The lowest BCUT2D eigenvalue weighted by Crippen LogP contribution is -2.52. The molecule has 4 aromatic rings. The van der Waals surface area contributed by atoms with Gasteiger partial charge in [-0.15, -0.1) is 0 Å². The van der Waals surface area contributed by atoms with Gasteiger partial charge in [0.05, 0.1) is 12.1 Å². The lowest BCUT2D eigenvalue weighted by Gasteiger charge is -2.39. The summed E-state index contributed by atoms with van der Waals surface area (Å²) in [6.07, 6.45) is -4.42. The second kappa shape index (κ2) is 8.89. The minimum absolute atomic E-state index is 0.145. The number of nitrogens with zero attached hydrogens (tertiary/aromatic N) is 1. The van der Waals surface area contributed by atoms with Gasteiger partial charge in [0.2, 0.25) is 0 Å². The zero-order valence-corrected chi connectivity index (χ0v) is 19.4. The number of pyridine rings is 1. The molecule has 7 heteroatoms. The summed E-state index contributed by atoms with van der Waals surface area (Å²) in [7, 11) is 0. The highest BCUT2D eigenvalue weighted by atomic mass is 19.4. The molecule has 1 heterocycles. The van der Waals surface area contributed by atoms with Crippen LogP contribution in [0.3, 0.4) is 0 Å². The zero-order chi connectivity index (χ0) is 25.4. The SMILES string of the molecule is CC(C)(CC(O)(Cn1ccc(=O)c2ccccc21)C(F)(F)F)c1cc(-c2ccccc2)ccc1O. The third-order valence-electron chi connectivity index (χ3n) is 6.41. The number of rotatable bonds is 6. The second-order valence-corrected chi connectivity index (χ2v) is 9.51. The van der Waals surface area contributed by atoms with Gasteiger partial charge in [0.25, 0.3) is 0 Å². The number of benzene rings is 3. The molecule has 182 valence electrons. The smallest absolute Gasteiger partial charge is 0.418 e. The van der Waals surface area contributed by atoms with E-state index in [-0.39, 0.29) is 16.6 Å². The van der Waals surface area contributed by atoms with Crippen molar-refractivity contribution >= 4 is 10.9 Å². The van der Waals surface area contributed by atoms with Crippen LogP contribution in [-0.2, 0) is 12.0 Å². The number of phenols is 1. The van der Waals surface area contributed by atoms with Gasteiger partial charge in [0.1, 0.15) is 5.75 Å². The van der Waals surface area contributed by atoms with Gasteiger partial charge < -0.3 is 14.8 Å². The summed E-state index contributed by atoms with van der Waals surface area (Å²) in [6, 6.07) is 21.7. The van der Waals surface area contributed by atoms with E-state index in [0.717, 1.165) is 11.1 Å². The average molecular weight is 482 g/mol. The van der Waals surface area contributed by atoms with E-state index in [9.17, 15) is 28.2 Å². The monoisotopic (exact) mass is 481 g/mol. The molecule has 1 unspecified atom stereocenters. The van der Waals surface area contributed by atoms with Crippen LogP contribution in [0.5, 0.6) is 5.75 Å². The van der Waals surface area contributed by atoms with E-state index < -0.39 is 30.2 Å². The number of phenolic OH excluding ortho intramolecular Hbond substituents is 1. The summed E-state index contributed by atoms with van der Waals surface area (Å²) < 4.78 is 44.4. The largest absolute Gasteiger partial charge is 0.508 e. The Morgan fingerprint density at radius 2 is 1.51 bits per heavy atom. The molecule has 35 heavy (non-hydrogen) atoms. The second-order valence-electron chi connectivity index (χ2n) is 9.51. The molecule has 0 aliphatic rings. The highest BCUT2D eigenvalue weighted by molar-refractivity contribution is 5.78. The van der Waals surface area contributed by atoms with Crippen LogP contribution in [0.2, 0.25) is 0 Å². The van der Waals surface area contributed by atoms with Crippen molar-refractivity contribution in [3.05, 3.63) is 101 Å². The Morgan fingerprint density at radius 3 is 2.20 bits per heavy atom. The number of para-hydroxylation sites is 1. The van der Waals surface area contributed by atoms with E-state index in [1.165, 1.54) is 29.0 Å². The van der Waals surface area contributed by atoms with Gasteiger partial charge in [0, 0.05) is 23.2 Å². The quantitative estimate of drug-likeness (QED) is 0.353. The molecule has 3 aromatic carbocycles. The molecule has 4 nitrogen and oxygen atoms in total. The first-order valence-corrected chi connectivity index (χ1v) is 11.2. The van der Waals surface area contributed by atoms with Gasteiger partial charge in [0.15, 0.2) is 11.0 Å². The predicted molar refractivity (Wildman–Crippen MR) is 130 cm³/mol. The molecule has 0 saturated carbocycles. The molecular formula is C28H26F3NO3. The lowest BCUT2D eigenvalue weighted by atomic mass is 9.73. The van der Waals surface area contributed by atoms with E-state index in [0.29, 0.717) is 11.1 Å². The number of alkyl halides is 3. The first kappa shape index (κ1) is 24.5. The normalized spacial score (nSPS) is 14.1.